The van der Waals surface area contributed by atoms with Crippen molar-refractivity contribution in [2.75, 3.05) is 18.2 Å². The number of nitrogens with two attached hydrogens (primary N) is 1. The third-order valence-electron chi connectivity index (χ3n) is 4.58. The molecule has 0 aliphatic rings. The van der Waals surface area contributed by atoms with Crippen LogP contribution < -0.4 is 27.0 Å². The maximum absolute atomic E-state index is 12.6. The molecule has 154 valence electrons. The molecular formula is C18H19N9O3. The van der Waals surface area contributed by atoms with Gasteiger partial charge in [0.05, 0.1) is 25.7 Å². The molecule has 0 amide bonds. The van der Waals surface area contributed by atoms with Gasteiger partial charge in [0.25, 0.3) is 5.56 Å². The lowest BCUT2D eigenvalue weighted by Gasteiger charge is -2.11. The fourth-order valence-corrected chi connectivity index (χ4v) is 3.10. The predicted octanol–water partition coefficient (Wildman–Crippen LogP) is 0.00140. The highest BCUT2D eigenvalue weighted by Gasteiger charge is 2.16. The first-order valence-electron chi connectivity index (χ1n) is 8.90. The van der Waals surface area contributed by atoms with Gasteiger partial charge in [-0.15, -0.1) is 0 Å². The van der Waals surface area contributed by atoms with Gasteiger partial charge in [0.15, 0.2) is 17.0 Å². The number of nitrogen functional groups attached to an aromatic ring is 1. The molecule has 0 aliphatic heterocycles. The maximum Gasteiger partial charge on any atom is 0.332 e. The first-order chi connectivity index (χ1) is 14.4. The molecule has 0 saturated heterocycles. The highest BCUT2D eigenvalue weighted by Crippen LogP contribution is 2.25. The van der Waals surface area contributed by atoms with Crippen molar-refractivity contribution in [1.29, 1.82) is 0 Å². The molecule has 0 spiro atoms. The number of hydrogen-bond acceptors (Lipinski definition) is 9. The Morgan fingerprint density at radius 1 is 1.10 bits per heavy atom. The van der Waals surface area contributed by atoms with E-state index in [1.54, 1.807) is 24.8 Å². The van der Waals surface area contributed by atoms with Gasteiger partial charge in [-0.2, -0.15) is 15.0 Å². The average Bonchev–Trinajstić information content (AvgIpc) is 3.14. The number of hydrogen-bond donors (Lipinski definition) is 2. The molecule has 3 heterocycles. The molecule has 3 N–H and O–H groups in total. The Morgan fingerprint density at radius 3 is 2.63 bits per heavy atom. The standard InChI is InChI=1S/C18H19N9O3/c1-25-14-13(15(28)26(2)18(25)29)27(9-20-14)8-12-22-16(19)24-17(23-12)21-10-6-4-5-7-11(10)30-3/h4-7,9H,8H2,1-3H3,(H3,19,21,22,23,24). The number of anilines is 3. The Morgan fingerprint density at radius 2 is 1.87 bits per heavy atom. The molecule has 1 aromatic carbocycles. The van der Waals surface area contributed by atoms with Crippen molar-refractivity contribution in [3.63, 3.8) is 0 Å². The lowest BCUT2D eigenvalue weighted by atomic mass is 10.3. The molecule has 0 radical (unpaired) electrons. The van der Waals surface area contributed by atoms with Crippen LogP contribution in [0.3, 0.4) is 0 Å². The van der Waals surface area contributed by atoms with Crippen molar-refractivity contribution in [2.45, 2.75) is 6.54 Å². The lowest BCUT2D eigenvalue weighted by Crippen LogP contribution is -2.37. The first kappa shape index (κ1) is 19.1. The molecule has 4 aromatic rings. The molecule has 0 fully saturated rings. The summed E-state index contributed by atoms with van der Waals surface area (Å²) in [5.41, 5.74) is 6.14. The molecule has 12 heteroatoms. The van der Waals surface area contributed by atoms with Crippen molar-refractivity contribution in [2.24, 2.45) is 14.1 Å². The topological polar surface area (TPSA) is 148 Å². The van der Waals surface area contributed by atoms with Gasteiger partial charge >= 0.3 is 5.69 Å². The molecular weight excluding hydrogens is 390 g/mol. The highest BCUT2D eigenvalue weighted by atomic mass is 16.5. The average molecular weight is 409 g/mol. The number of para-hydroxylation sites is 2. The summed E-state index contributed by atoms with van der Waals surface area (Å²) in [5.74, 6) is 1.17. The fourth-order valence-electron chi connectivity index (χ4n) is 3.10. The number of aryl methyl sites for hydroxylation is 1. The van der Waals surface area contributed by atoms with E-state index < -0.39 is 11.2 Å². The summed E-state index contributed by atoms with van der Waals surface area (Å²) in [6.07, 6.45) is 1.46. The second-order valence-electron chi connectivity index (χ2n) is 6.51. The SMILES string of the molecule is COc1ccccc1Nc1nc(N)nc(Cn2cnc3c2c(=O)n(C)c(=O)n3C)n1. The van der Waals surface area contributed by atoms with Crippen LogP contribution in [-0.4, -0.2) is 40.7 Å². The van der Waals surface area contributed by atoms with E-state index >= 15 is 0 Å². The van der Waals surface area contributed by atoms with Crippen LogP contribution in [0.25, 0.3) is 11.2 Å². The number of imidazole rings is 1. The largest absolute Gasteiger partial charge is 0.495 e. The van der Waals surface area contributed by atoms with Gasteiger partial charge in [0.2, 0.25) is 11.9 Å². The monoisotopic (exact) mass is 409 g/mol. The summed E-state index contributed by atoms with van der Waals surface area (Å²) in [4.78, 5) is 41.5. The van der Waals surface area contributed by atoms with Crippen LogP contribution in [0, 0.1) is 0 Å². The van der Waals surface area contributed by atoms with E-state index in [-0.39, 0.29) is 29.6 Å². The summed E-state index contributed by atoms with van der Waals surface area (Å²) < 4.78 is 9.22. The Bertz CT molecular complexity index is 1370. The minimum Gasteiger partial charge on any atom is -0.495 e. The smallest absolute Gasteiger partial charge is 0.332 e. The van der Waals surface area contributed by atoms with E-state index in [4.69, 9.17) is 10.5 Å². The van der Waals surface area contributed by atoms with E-state index in [9.17, 15) is 9.59 Å². The summed E-state index contributed by atoms with van der Waals surface area (Å²) in [5, 5.41) is 3.06. The molecule has 0 unspecified atom stereocenters. The van der Waals surface area contributed by atoms with E-state index in [0.29, 0.717) is 17.3 Å². The summed E-state index contributed by atoms with van der Waals surface area (Å²) in [6, 6.07) is 7.29. The van der Waals surface area contributed by atoms with Crippen molar-refractivity contribution < 1.29 is 4.74 Å². The normalized spacial score (nSPS) is 11.0. The second-order valence-corrected chi connectivity index (χ2v) is 6.51. The third kappa shape index (κ3) is 3.23. The molecule has 30 heavy (non-hydrogen) atoms. The number of nitrogens with zero attached hydrogens (tertiary/aromatic N) is 7. The molecule has 4 rings (SSSR count). The van der Waals surface area contributed by atoms with E-state index in [2.05, 4.69) is 25.3 Å². The number of aromatic nitrogens is 7. The maximum atomic E-state index is 12.6. The van der Waals surface area contributed by atoms with Gasteiger partial charge in [-0.1, -0.05) is 12.1 Å². The Kier molecular flexibility index (Phi) is 4.66. The molecule has 0 aliphatic carbocycles. The second kappa shape index (κ2) is 7.31. The van der Waals surface area contributed by atoms with Crippen LogP contribution in [0.15, 0.2) is 40.2 Å². The summed E-state index contributed by atoms with van der Waals surface area (Å²) in [7, 11) is 4.53. The quantitative estimate of drug-likeness (QED) is 0.465. The predicted molar refractivity (Wildman–Crippen MR) is 110 cm³/mol. The third-order valence-corrected chi connectivity index (χ3v) is 4.58. The number of methoxy groups -OCH3 is 1. The minimum atomic E-state index is -0.458. The van der Waals surface area contributed by atoms with E-state index in [0.717, 1.165) is 4.57 Å². The van der Waals surface area contributed by atoms with Crippen molar-refractivity contribution in [3.8, 4) is 5.75 Å². The Labute approximate surface area is 169 Å². The van der Waals surface area contributed by atoms with Crippen molar-refractivity contribution in [1.82, 2.24) is 33.6 Å². The number of fused-ring (bicyclic) bond motifs is 1. The molecule has 0 atom stereocenters. The van der Waals surface area contributed by atoms with Gasteiger partial charge in [0, 0.05) is 14.1 Å². The Balaban J connectivity index is 1.73. The Hall–Kier alpha value is -4.22. The molecule has 0 bridgehead atoms. The van der Waals surface area contributed by atoms with Gasteiger partial charge < -0.3 is 20.4 Å². The van der Waals surface area contributed by atoms with Gasteiger partial charge in [0.1, 0.15) is 5.75 Å². The van der Waals surface area contributed by atoms with Crippen LogP contribution >= 0.6 is 0 Å². The molecule has 0 saturated carbocycles. The van der Waals surface area contributed by atoms with E-state index in [1.165, 1.54) is 17.9 Å². The number of ether oxygens (including phenoxy) is 1. The summed E-state index contributed by atoms with van der Waals surface area (Å²) in [6.45, 7) is 0.108. The molecule has 12 nitrogen and oxygen atoms in total. The molecule has 3 aromatic heterocycles. The van der Waals surface area contributed by atoms with Gasteiger partial charge in [-0.25, -0.2) is 9.78 Å². The van der Waals surface area contributed by atoms with E-state index in [1.807, 2.05) is 18.2 Å². The van der Waals surface area contributed by atoms with Crippen LogP contribution in [0.5, 0.6) is 5.75 Å². The fraction of sp³-hybridized carbons (Fsp3) is 0.222. The van der Waals surface area contributed by atoms with Gasteiger partial charge in [-0.05, 0) is 12.1 Å². The number of benzene rings is 1. The van der Waals surface area contributed by atoms with Crippen LogP contribution in [0.4, 0.5) is 17.6 Å². The van der Waals surface area contributed by atoms with Crippen molar-refractivity contribution in [3.05, 3.63) is 57.3 Å². The zero-order chi connectivity index (χ0) is 21.4. The first-order valence-corrected chi connectivity index (χ1v) is 8.90. The summed E-state index contributed by atoms with van der Waals surface area (Å²) >= 11 is 0. The van der Waals surface area contributed by atoms with Crippen LogP contribution in [-0.2, 0) is 20.6 Å². The van der Waals surface area contributed by atoms with Crippen LogP contribution in [0.1, 0.15) is 5.82 Å². The van der Waals surface area contributed by atoms with Crippen LogP contribution in [0.2, 0.25) is 0 Å². The number of rotatable bonds is 5. The number of nitrogens with one attached hydrogen (secondary N) is 1. The van der Waals surface area contributed by atoms with Gasteiger partial charge in [-0.3, -0.25) is 13.9 Å². The zero-order valence-corrected chi connectivity index (χ0v) is 16.5. The minimum absolute atomic E-state index is 0.0159. The zero-order valence-electron chi connectivity index (χ0n) is 16.5. The highest BCUT2D eigenvalue weighted by molar-refractivity contribution is 5.70. The van der Waals surface area contributed by atoms with Crippen molar-refractivity contribution >= 4 is 28.7 Å². The lowest BCUT2D eigenvalue weighted by molar-refractivity contribution is 0.417.